The molecule has 3 heteroatoms. The van der Waals surface area contributed by atoms with E-state index in [9.17, 15) is 0 Å². The summed E-state index contributed by atoms with van der Waals surface area (Å²) < 4.78 is 4.99. The fourth-order valence-electron chi connectivity index (χ4n) is 1.44. The standard InChI is InChI=1S/C13H21NOS/c1-11-5-4-6-13(9-11)16-12(2)10-14-7-8-15-3/h4-6,9,12,14H,7-8,10H2,1-3H3. The van der Waals surface area contributed by atoms with Crippen molar-refractivity contribution in [2.45, 2.75) is 24.0 Å². The molecule has 1 atom stereocenters. The number of hydrogen-bond acceptors (Lipinski definition) is 3. The molecule has 0 aromatic heterocycles. The SMILES string of the molecule is COCCNCC(C)Sc1cccc(C)c1. The molecular weight excluding hydrogens is 218 g/mol. The summed E-state index contributed by atoms with van der Waals surface area (Å²) in [5, 5.41) is 3.96. The Morgan fingerprint density at radius 1 is 1.44 bits per heavy atom. The van der Waals surface area contributed by atoms with Crippen LogP contribution in [0.4, 0.5) is 0 Å². The predicted molar refractivity (Wildman–Crippen MR) is 71.2 cm³/mol. The van der Waals surface area contributed by atoms with Crippen LogP contribution in [0.5, 0.6) is 0 Å². The molecule has 90 valence electrons. The number of methoxy groups -OCH3 is 1. The first-order valence-electron chi connectivity index (χ1n) is 5.65. The average molecular weight is 239 g/mol. The highest BCUT2D eigenvalue weighted by molar-refractivity contribution is 8.00. The van der Waals surface area contributed by atoms with Gasteiger partial charge in [-0.1, -0.05) is 24.6 Å². The van der Waals surface area contributed by atoms with E-state index in [-0.39, 0.29) is 0 Å². The van der Waals surface area contributed by atoms with Gasteiger partial charge in [-0.25, -0.2) is 0 Å². The van der Waals surface area contributed by atoms with Crippen LogP contribution in [0.25, 0.3) is 0 Å². The Balaban J connectivity index is 2.25. The van der Waals surface area contributed by atoms with Gasteiger partial charge >= 0.3 is 0 Å². The van der Waals surface area contributed by atoms with Gasteiger partial charge in [-0.05, 0) is 19.1 Å². The number of aryl methyl sites for hydroxylation is 1. The van der Waals surface area contributed by atoms with Crippen LogP contribution >= 0.6 is 11.8 Å². The van der Waals surface area contributed by atoms with E-state index in [1.165, 1.54) is 10.5 Å². The number of nitrogens with one attached hydrogen (secondary N) is 1. The van der Waals surface area contributed by atoms with Crippen molar-refractivity contribution in [1.29, 1.82) is 0 Å². The van der Waals surface area contributed by atoms with Crippen molar-refractivity contribution in [2.75, 3.05) is 26.8 Å². The van der Waals surface area contributed by atoms with Gasteiger partial charge in [0.1, 0.15) is 0 Å². The maximum atomic E-state index is 4.99. The van der Waals surface area contributed by atoms with Gasteiger partial charge in [-0.15, -0.1) is 11.8 Å². The summed E-state index contributed by atoms with van der Waals surface area (Å²) in [7, 11) is 1.73. The molecule has 0 saturated carbocycles. The molecule has 1 aromatic rings. The fourth-order valence-corrected chi connectivity index (χ4v) is 2.52. The number of thioether (sulfide) groups is 1. The smallest absolute Gasteiger partial charge is 0.0587 e. The van der Waals surface area contributed by atoms with Crippen molar-refractivity contribution in [3.05, 3.63) is 29.8 Å². The Bertz CT molecular complexity index is 304. The van der Waals surface area contributed by atoms with Gasteiger partial charge in [-0.2, -0.15) is 0 Å². The van der Waals surface area contributed by atoms with Crippen molar-refractivity contribution in [1.82, 2.24) is 5.32 Å². The number of ether oxygens (including phenoxy) is 1. The van der Waals surface area contributed by atoms with E-state index in [0.29, 0.717) is 5.25 Å². The third-order valence-electron chi connectivity index (χ3n) is 2.24. The molecule has 0 bridgehead atoms. The maximum Gasteiger partial charge on any atom is 0.0587 e. The van der Waals surface area contributed by atoms with Crippen LogP contribution < -0.4 is 5.32 Å². The van der Waals surface area contributed by atoms with Crippen molar-refractivity contribution in [2.24, 2.45) is 0 Å². The summed E-state index contributed by atoms with van der Waals surface area (Å²) in [5.74, 6) is 0. The van der Waals surface area contributed by atoms with E-state index in [2.05, 4.69) is 43.4 Å². The van der Waals surface area contributed by atoms with Gasteiger partial charge in [0.05, 0.1) is 6.61 Å². The largest absolute Gasteiger partial charge is 0.383 e. The molecule has 1 rings (SSSR count). The molecular formula is C13H21NOS. The van der Waals surface area contributed by atoms with E-state index < -0.39 is 0 Å². The number of hydrogen-bond donors (Lipinski definition) is 1. The van der Waals surface area contributed by atoms with Crippen LogP contribution in [0.2, 0.25) is 0 Å². The molecule has 0 spiro atoms. The van der Waals surface area contributed by atoms with E-state index >= 15 is 0 Å². The minimum absolute atomic E-state index is 0.582. The van der Waals surface area contributed by atoms with Crippen LogP contribution in [0.1, 0.15) is 12.5 Å². The lowest BCUT2D eigenvalue weighted by Crippen LogP contribution is -2.26. The molecule has 16 heavy (non-hydrogen) atoms. The topological polar surface area (TPSA) is 21.3 Å². The van der Waals surface area contributed by atoms with Crippen molar-refractivity contribution in [3.63, 3.8) is 0 Å². The highest BCUT2D eigenvalue weighted by Gasteiger charge is 2.03. The van der Waals surface area contributed by atoms with Crippen molar-refractivity contribution >= 4 is 11.8 Å². The Morgan fingerprint density at radius 2 is 2.25 bits per heavy atom. The van der Waals surface area contributed by atoms with E-state index in [1.54, 1.807) is 7.11 Å². The minimum atomic E-state index is 0.582. The first-order valence-corrected chi connectivity index (χ1v) is 6.53. The monoisotopic (exact) mass is 239 g/mol. The van der Waals surface area contributed by atoms with Crippen molar-refractivity contribution in [3.8, 4) is 0 Å². The Morgan fingerprint density at radius 3 is 2.94 bits per heavy atom. The van der Waals surface area contributed by atoms with E-state index in [1.807, 2.05) is 11.8 Å². The molecule has 0 aliphatic heterocycles. The van der Waals surface area contributed by atoms with Gasteiger partial charge in [0.15, 0.2) is 0 Å². The van der Waals surface area contributed by atoms with Gasteiger partial charge in [0.25, 0.3) is 0 Å². The molecule has 0 heterocycles. The zero-order chi connectivity index (χ0) is 11.8. The molecule has 0 saturated heterocycles. The number of benzene rings is 1. The van der Waals surface area contributed by atoms with Crippen LogP contribution in [-0.4, -0.2) is 32.1 Å². The molecule has 0 amide bonds. The van der Waals surface area contributed by atoms with Crippen LogP contribution in [0.3, 0.4) is 0 Å². The zero-order valence-corrected chi connectivity index (χ0v) is 11.1. The first kappa shape index (κ1) is 13.6. The summed E-state index contributed by atoms with van der Waals surface area (Å²) in [5.41, 5.74) is 1.32. The highest BCUT2D eigenvalue weighted by atomic mass is 32.2. The second-order valence-electron chi connectivity index (χ2n) is 3.94. The molecule has 1 N–H and O–H groups in total. The van der Waals surface area contributed by atoms with Gasteiger partial charge < -0.3 is 10.1 Å². The summed E-state index contributed by atoms with van der Waals surface area (Å²) >= 11 is 1.91. The van der Waals surface area contributed by atoms with Crippen LogP contribution in [0, 0.1) is 6.92 Å². The Hall–Kier alpha value is -0.510. The summed E-state index contributed by atoms with van der Waals surface area (Å²) in [6.45, 7) is 7.09. The minimum Gasteiger partial charge on any atom is -0.383 e. The fraction of sp³-hybridized carbons (Fsp3) is 0.538. The van der Waals surface area contributed by atoms with Crippen molar-refractivity contribution < 1.29 is 4.74 Å². The third-order valence-corrected chi connectivity index (χ3v) is 3.34. The Labute approximate surface area is 103 Å². The molecule has 0 aliphatic carbocycles. The average Bonchev–Trinajstić information content (AvgIpc) is 2.24. The predicted octanol–water partition coefficient (Wildman–Crippen LogP) is 2.71. The second-order valence-corrected chi connectivity index (χ2v) is 5.45. The summed E-state index contributed by atoms with van der Waals surface area (Å²) in [4.78, 5) is 1.35. The molecule has 1 unspecified atom stereocenters. The summed E-state index contributed by atoms with van der Waals surface area (Å²) in [6, 6.07) is 8.65. The Kier molecular flexibility index (Phi) is 6.53. The molecule has 0 fully saturated rings. The first-order chi connectivity index (χ1) is 7.72. The molecule has 0 radical (unpaired) electrons. The van der Waals surface area contributed by atoms with E-state index in [0.717, 1.165) is 19.7 Å². The van der Waals surface area contributed by atoms with Gasteiger partial charge in [-0.3, -0.25) is 0 Å². The lowest BCUT2D eigenvalue weighted by atomic mass is 10.2. The highest BCUT2D eigenvalue weighted by Crippen LogP contribution is 2.23. The third kappa shape index (κ3) is 5.54. The zero-order valence-electron chi connectivity index (χ0n) is 10.3. The van der Waals surface area contributed by atoms with Crippen LogP contribution in [-0.2, 0) is 4.74 Å². The number of rotatable bonds is 7. The molecule has 2 nitrogen and oxygen atoms in total. The molecule has 1 aromatic carbocycles. The maximum absolute atomic E-state index is 4.99. The van der Waals surface area contributed by atoms with Gasteiger partial charge in [0, 0.05) is 30.3 Å². The second kappa shape index (κ2) is 7.71. The lowest BCUT2D eigenvalue weighted by Gasteiger charge is -2.12. The quantitative estimate of drug-likeness (QED) is 0.584. The normalized spacial score (nSPS) is 12.7. The lowest BCUT2D eigenvalue weighted by molar-refractivity contribution is 0.199. The van der Waals surface area contributed by atoms with Crippen LogP contribution in [0.15, 0.2) is 29.2 Å². The van der Waals surface area contributed by atoms with Gasteiger partial charge in [0.2, 0.25) is 0 Å². The molecule has 0 aliphatic rings. The summed E-state index contributed by atoms with van der Waals surface area (Å²) in [6.07, 6.45) is 0. The van der Waals surface area contributed by atoms with E-state index in [4.69, 9.17) is 4.74 Å².